The molecule has 24 heavy (non-hydrogen) atoms. The number of pyridine rings is 1. The summed E-state index contributed by atoms with van der Waals surface area (Å²) in [6.45, 7) is 1.89. The molecule has 8 heteroatoms. The van der Waals surface area contributed by atoms with E-state index in [1.807, 2.05) is 29.7 Å². The molecule has 0 aliphatic heterocycles. The van der Waals surface area contributed by atoms with Crippen molar-refractivity contribution in [2.24, 2.45) is 5.10 Å². The van der Waals surface area contributed by atoms with Crippen molar-refractivity contribution >= 4 is 39.2 Å². The molecule has 0 aliphatic rings. The van der Waals surface area contributed by atoms with Crippen molar-refractivity contribution in [1.29, 1.82) is 0 Å². The predicted molar refractivity (Wildman–Crippen MR) is 96.7 cm³/mol. The second-order valence-electron chi connectivity index (χ2n) is 5.25. The summed E-state index contributed by atoms with van der Waals surface area (Å²) < 4.78 is 2.84. The Morgan fingerprint density at radius 1 is 1.38 bits per heavy atom. The van der Waals surface area contributed by atoms with Crippen molar-refractivity contribution in [3.63, 3.8) is 0 Å². The zero-order valence-electron chi connectivity index (χ0n) is 13.0. The monoisotopic (exact) mass is 387 g/mol. The van der Waals surface area contributed by atoms with Crippen molar-refractivity contribution < 1.29 is 4.92 Å². The third-order valence-electron chi connectivity index (χ3n) is 3.61. The number of anilines is 1. The Kier molecular flexibility index (Phi) is 4.30. The van der Waals surface area contributed by atoms with Gasteiger partial charge in [-0.05, 0) is 40.5 Å². The highest BCUT2D eigenvalue weighted by Gasteiger charge is 2.11. The Labute approximate surface area is 146 Å². The fourth-order valence-corrected chi connectivity index (χ4v) is 2.67. The van der Waals surface area contributed by atoms with Gasteiger partial charge in [0, 0.05) is 29.8 Å². The minimum atomic E-state index is -0.414. The Hall–Kier alpha value is -2.74. The van der Waals surface area contributed by atoms with E-state index in [0.717, 1.165) is 21.4 Å². The van der Waals surface area contributed by atoms with Gasteiger partial charge in [0.1, 0.15) is 5.65 Å². The first-order chi connectivity index (χ1) is 11.5. The minimum Gasteiger partial charge on any atom is -0.298 e. The van der Waals surface area contributed by atoms with Gasteiger partial charge in [-0.25, -0.2) is 4.98 Å². The zero-order valence-corrected chi connectivity index (χ0v) is 14.6. The number of non-ortho nitro benzene ring substituents is 1. The van der Waals surface area contributed by atoms with Crippen LogP contribution >= 0.6 is 15.9 Å². The Morgan fingerprint density at radius 3 is 2.92 bits per heavy atom. The smallest absolute Gasteiger partial charge is 0.271 e. The molecule has 2 aromatic heterocycles. The SMILES string of the molecule is Cc1ccc([N+](=O)[O-])cc1N(C)/N=C/c1cnc2ccc(Br)cn12. The molecular formula is C16H14BrN5O2. The standard InChI is InChI=1S/C16H14BrN5O2/c1-11-3-5-13(22(23)24)7-15(11)20(2)19-9-14-8-18-16-6-4-12(17)10-21(14)16/h3-10H,1-2H3/b19-9+. The largest absolute Gasteiger partial charge is 0.298 e. The third kappa shape index (κ3) is 3.13. The molecule has 2 heterocycles. The zero-order chi connectivity index (χ0) is 17.3. The first-order valence-corrected chi connectivity index (χ1v) is 7.90. The average Bonchev–Trinajstić information content (AvgIpc) is 2.95. The maximum absolute atomic E-state index is 10.9. The molecule has 0 saturated heterocycles. The number of rotatable bonds is 4. The number of hydrogen-bond donors (Lipinski definition) is 0. The lowest BCUT2D eigenvalue weighted by Crippen LogP contribution is -2.11. The number of hydrogen-bond acceptors (Lipinski definition) is 5. The van der Waals surface area contributed by atoms with E-state index < -0.39 is 4.92 Å². The second kappa shape index (κ2) is 6.40. The lowest BCUT2D eigenvalue weighted by Gasteiger charge is -2.15. The number of nitro groups is 1. The number of halogens is 1. The molecule has 0 N–H and O–H groups in total. The minimum absolute atomic E-state index is 0.0383. The number of nitrogens with zero attached hydrogens (tertiary/aromatic N) is 5. The first kappa shape index (κ1) is 16.1. The van der Waals surface area contributed by atoms with Gasteiger partial charge in [0.2, 0.25) is 0 Å². The summed E-state index contributed by atoms with van der Waals surface area (Å²) in [6.07, 6.45) is 5.30. The summed E-state index contributed by atoms with van der Waals surface area (Å²) in [7, 11) is 1.75. The molecule has 0 spiro atoms. The normalized spacial score (nSPS) is 11.3. The highest BCUT2D eigenvalue weighted by molar-refractivity contribution is 9.10. The molecule has 0 saturated carbocycles. The second-order valence-corrected chi connectivity index (χ2v) is 6.17. The van der Waals surface area contributed by atoms with Crippen LogP contribution in [0.5, 0.6) is 0 Å². The van der Waals surface area contributed by atoms with E-state index >= 15 is 0 Å². The number of fused-ring (bicyclic) bond motifs is 1. The van der Waals surface area contributed by atoms with E-state index in [1.165, 1.54) is 12.1 Å². The number of hydrazone groups is 1. The van der Waals surface area contributed by atoms with Gasteiger partial charge in [-0.1, -0.05) is 6.07 Å². The topological polar surface area (TPSA) is 76.0 Å². The van der Waals surface area contributed by atoms with Crippen LogP contribution in [0.15, 0.2) is 52.3 Å². The number of aryl methyl sites for hydroxylation is 1. The van der Waals surface area contributed by atoms with Gasteiger partial charge in [0.05, 0.1) is 28.7 Å². The van der Waals surface area contributed by atoms with Crippen molar-refractivity contribution in [3.05, 3.63) is 68.6 Å². The Balaban J connectivity index is 1.92. The van der Waals surface area contributed by atoms with Gasteiger partial charge >= 0.3 is 0 Å². The summed E-state index contributed by atoms with van der Waals surface area (Å²) in [5.74, 6) is 0. The van der Waals surface area contributed by atoms with Crippen LogP contribution in [-0.2, 0) is 0 Å². The summed E-state index contributed by atoms with van der Waals surface area (Å²) in [6, 6.07) is 8.53. The first-order valence-electron chi connectivity index (χ1n) is 7.11. The molecule has 0 radical (unpaired) electrons. The summed E-state index contributed by atoms with van der Waals surface area (Å²) >= 11 is 3.43. The van der Waals surface area contributed by atoms with E-state index in [9.17, 15) is 10.1 Å². The predicted octanol–water partition coefficient (Wildman–Crippen LogP) is 3.78. The van der Waals surface area contributed by atoms with E-state index in [2.05, 4.69) is 26.0 Å². The highest BCUT2D eigenvalue weighted by Crippen LogP contribution is 2.25. The number of nitro benzene ring substituents is 1. The number of aromatic nitrogens is 2. The van der Waals surface area contributed by atoms with Gasteiger partial charge in [0.15, 0.2) is 0 Å². The van der Waals surface area contributed by atoms with Crippen LogP contribution in [0, 0.1) is 17.0 Å². The van der Waals surface area contributed by atoms with E-state index in [-0.39, 0.29) is 5.69 Å². The highest BCUT2D eigenvalue weighted by atomic mass is 79.9. The lowest BCUT2D eigenvalue weighted by atomic mass is 10.2. The molecule has 7 nitrogen and oxygen atoms in total. The van der Waals surface area contributed by atoms with Crippen LogP contribution < -0.4 is 5.01 Å². The summed E-state index contributed by atoms with van der Waals surface area (Å²) in [4.78, 5) is 14.8. The van der Waals surface area contributed by atoms with Crippen molar-refractivity contribution in [1.82, 2.24) is 9.38 Å². The third-order valence-corrected chi connectivity index (χ3v) is 4.08. The van der Waals surface area contributed by atoms with Crippen molar-refractivity contribution in [2.75, 3.05) is 12.1 Å². The van der Waals surface area contributed by atoms with Gasteiger partial charge < -0.3 is 0 Å². The van der Waals surface area contributed by atoms with E-state index in [0.29, 0.717) is 5.69 Å². The summed E-state index contributed by atoms with van der Waals surface area (Å²) in [5, 5.41) is 16.9. The Bertz CT molecular complexity index is 951. The van der Waals surface area contributed by atoms with Crippen LogP contribution in [0.4, 0.5) is 11.4 Å². The maximum Gasteiger partial charge on any atom is 0.271 e. The molecule has 0 fully saturated rings. The fraction of sp³-hybridized carbons (Fsp3) is 0.125. The molecule has 0 unspecified atom stereocenters. The quantitative estimate of drug-likeness (QED) is 0.387. The summed E-state index contributed by atoms with van der Waals surface area (Å²) in [5.41, 5.74) is 3.24. The molecule has 3 rings (SSSR count). The van der Waals surface area contributed by atoms with Crippen molar-refractivity contribution in [2.45, 2.75) is 6.92 Å². The van der Waals surface area contributed by atoms with Crippen LogP contribution in [0.25, 0.3) is 5.65 Å². The number of benzene rings is 1. The van der Waals surface area contributed by atoms with Crippen molar-refractivity contribution in [3.8, 4) is 0 Å². The molecule has 0 bridgehead atoms. The molecule has 122 valence electrons. The fourth-order valence-electron chi connectivity index (χ4n) is 2.34. The van der Waals surface area contributed by atoms with E-state index in [4.69, 9.17) is 0 Å². The lowest BCUT2D eigenvalue weighted by molar-refractivity contribution is -0.384. The average molecular weight is 388 g/mol. The van der Waals surface area contributed by atoms with Crippen LogP contribution in [-0.4, -0.2) is 27.6 Å². The van der Waals surface area contributed by atoms with E-state index in [1.54, 1.807) is 30.5 Å². The van der Waals surface area contributed by atoms with Gasteiger partial charge in [0.25, 0.3) is 5.69 Å². The van der Waals surface area contributed by atoms with Crippen LogP contribution in [0.3, 0.4) is 0 Å². The van der Waals surface area contributed by atoms with Gasteiger partial charge in [-0.2, -0.15) is 5.10 Å². The van der Waals surface area contributed by atoms with Crippen LogP contribution in [0.1, 0.15) is 11.3 Å². The molecule has 0 amide bonds. The molecule has 0 atom stereocenters. The van der Waals surface area contributed by atoms with Gasteiger partial charge in [-0.3, -0.25) is 19.5 Å². The number of imidazole rings is 1. The molecule has 1 aromatic carbocycles. The Morgan fingerprint density at radius 2 is 2.17 bits per heavy atom. The van der Waals surface area contributed by atoms with Gasteiger partial charge in [-0.15, -0.1) is 0 Å². The van der Waals surface area contributed by atoms with Crippen LogP contribution in [0.2, 0.25) is 0 Å². The molecular weight excluding hydrogens is 374 g/mol. The molecule has 3 aromatic rings. The maximum atomic E-state index is 10.9. The molecule has 0 aliphatic carbocycles.